The topological polar surface area (TPSA) is 121 Å². The molecule has 0 spiro atoms. The van der Waals surface area contributed by atoms with Crippen LogP contribution in [0.15, 0.2) is 10.6 Å². The summed E-state index contributed by atoms with van der Waals surface area (Å²) in [6, 6.07) is 1.23. The minimum atomic E-state index is -1.15. The second-order valence-corrected chi connectivity index (χ2v) is 3.84. The van der Waals surface area contributed by atoms with Crippen molar-refractivity contribution < 1.29 is 19.2 Å². The molecule has 0 aliphatic rings. The number of H-pyrrole nitrogens is 1. The first-order valence-corrected chi connectivity index (χ1v) is 5.58. The number of carbonyl (C=O) groups excluding carboxylic acids is 1. The number of aromatic amines is 1. The Hall–Kier alpha value is -2.64. The Morgan fingerprint density at radius 3 is 2.84 bits per heavy atom. The molecule has 0 aromatic carbocycles. The van der Waals surface area contributed by atoms with Crippen LogP contribution in [0.2, 0.25) is 0 Å². The summed E-state index contributed by atoms with van der Waals surface area (Å²) in [6.07, 6.45) is 0.557. The zero-order valence-corrected chi connectivity index (χ0v) is 10.4. The molecule has 0 aliphatic heterocycles. The molecule has 8 nitrogen and oxygen atoms in total. The van der Waals surface area contributed by atoms with Crippen molar-refractivity contribution in [3.8, 4) is 0 Å². The summed E-state index contributed by atoms with van der Waals surface area (Å²) in [5, 5.41) is 21.0. The van der Waals surface area contributed by atoms with E-state index in [4.69, 9.17) is 9.63 Å². The number of carboxylic acid groups (broad SMARTS) is 1. The Kier molecular flexibility index (Phi) is 3.32. The van der Waals surface area contributed by atoms with Crippen LogP contribution in [0.3, 0.4) is 0 Å². The van der Waals surface area contributed by atoms with Crippen LogP contribution in [-0.4, -0.2) is 32.3 Å². The lowest BCUT2D eigenvalue weighted by Crippen LogP contribution is -2.14. The normalized spacial score (nSPS) is 10.4. The van der Waals surface area contributed by atoms with Crippen LogP contribution in [0.4, 0.5) is 5.82 Å². The lowest BCUT2D eigenvalue weighted by molar-refractivity contribution is 0.0690. The molecule has 1 amide bonds. The number of nitrogens with one attached hydrogen (secondary N) is 2. The number of hydrogen-bond donors (Lipinski definition) is 3. The van der Waals surface area contributed by atoms with Gasteiger partial charge in [-0.05, 0) is 13.3 Å². The molecule has 2 rings (SSSR count). The Bertz CT molecular complexity index is 628. The summed E-state index contributed by atoms with van der Waals surface area (Å²) < 4.78 is 4.96. The van der Waals surface area contributed by atoms with Gasteiger partial charge in [0.05, 0.1) is 5.69 Å². The average Bonchev–Trinajstić information content (AvgIpc) is 2.95. The van der Waals surface area contributed by atoms with E-state index in [2.05, 4.69) is 20.7 Å². The van der Waals surface area contributed by atoms with Crippen molar-refractivity contribution in [1.29, 1.82) is 0 Å². The highest BCUT2D eigenvalue weighted by molar-refractivity contribution is 6.05. The van der Waals surface area contributed by atoms with Crippen LogP contribution in [0, 0.1) is 6.92 Å². The van der Waals surface area contributed by atoms with E-state index in [1.54, 1.807) is 6.92 Å². The van der Waals surface area contributed by atoms with Gasteiger partial charge in [-0.2, -0.15) is 5.10 Å². The summed E-state index contributed by atoms with van der Waals surface area (Å²) in [6.45, 7) is 3.49. The molecule has 0 radical (unpaired) electrons. The van der Waals surface area contributed by atoms with Crippen molar-refractivity contribution in [2.75, 3.05) is 5.32 Å². The van der Waals surface area contributed by atoms with Crippen molar-refractivity contribution in [2.45, 2.75) is 20.3 Å². The number of anilines is 1. The smallest absolute Gasteiger partial charge is 0.353 e. The standard InChI is InChI=1S/C11H12N4O4/c1-3-6-9(5(2)19-15-6)10(16)12-8-4-7(11(17)18)13-14-8/h4H,3H2,1-2H3,(H,17,18)(H2,12,13,14,16). The number of carboxylic acids is 1. The number of carbonyl (C=O) groups is 2. The summed E-state index contributed by atoms with van der Waals surface area (Å²) in [4.78, 5) is 22.7. The van der Waals surface area contributed by atoms with Crippen molar-refractivity contribution in [2.24, 2.45) is 0 Å². The quantitative estimate of drug-likeness (QED) is 0.763. The van der Waals surface area contributed by atoms with Gasteiger partial charge in [-0.25, -0.2) is 4.79 Å². The molecule has 0 atom stereocenters. The number of aromatic nitrogens is 3. The summed E-state index contributed by atoms with van der Waals surface area (Å²) in [5.41, 5.74) is 0.791. The number of rotatable bonds is 4. The van der Waals surface area contributed by atoms with Gasteiger partial charge in [0.25, 0.3) is 5.91 Å². The molecule has 0 saturated heterocycles. The molecule has 0 bridgehead atoms. The van der Waals surface area contributed by atoms with Crippen LogP contribution in [0.25, 0.3) is 0 Å². The third kappa shape index (κ3) is 2.46. The fraction of sp³-hybridized carbons (Fsp3) is 0.273. The van der Waals surface area contributed by atoms with Gasteiger partial charge in [0.1, 0.15) is 17.0 Å². The molecular formula is C11H12N4O4. The van der Waals surface area contributed by atoms with Gasteiger partial charge < -0.3 is 14.9 Å². The Balaban J connectivity index is 2.20. The Morgan fingerprint density at radius 2 is 2.26 bits per heavy atom. The molecule has 100 valence electrons. The van der Waals surface area contributed by atoms with E-state index in [0.29, 0.717) is 23.4 Å². The van der Waals surface area contributed by atoms with E-state index in [1.807, 2.05) is 6.92 Å². The lowest BCUT2D eigenvalue weighted by Gasteiger charge is -2.00. The van der Waals surface area contributed by atoms with Gasteiger partial charge in [0, 0.05) is 6.07 Å². The molecule has 0 fully saturated rings. The van der Waals surface area contributed by atoms with Gasteiger partial charge >= 0.3 is 5.97 Å². The van der Waals surface area contributed by atoms with Crippen molar-refractivity contribution in [3.63, 3.8) is 0 Å². The first-order valence-electron chi connectivity index (χ1n) is 5.58. The van der Waals surface area contributed by atoms with E-state index < -0.39 is 11.9 Å². The molecule has 2 aromatic heterocycles. The van der Waals surface area contributed by atoms with E-state index >= 15 is 0 Å². The third-order valence-corrected chi connectivity index (χ3v) is 2.55. The van der Waals surface area contributed by atoms with E-state index in [1.165, 1.54) is 6.07 Å². The fourth-order valence-corrected chi connectivity index (χ4v) is 1.62. The predicted octanol–water partition coefficient (Wildman–Crippen LogP) is 1.22. The van der Waals surface area contributed by atoms with Crippen molar-refractivity contribution in [3.05, 3.63) is 28.8 Å². The van der Waals surface area contributed by atoms with Crippen LogP contribution in [0.1, 0.15) is 39.2 Å². The van der Waals surface area contributed by atoms with E-state index in [-0.39, 0.29) is 11.5 Å². The zero-order chi connectivity index (χ0) is 14.0. The average molecular weight is 264 g/mol. The Morgan fingerprint density at radius 1 is 1.53 bits per heavy atom. The van der Waals surface area contributed by atoms with Gasteiger partial charge in [-0.15, -0.1) is 0 Å². The van der Waals surface area contributed by atoms with Gasteiger partial charge in [-0.3, -0.25) is 9.89 Å². The molecule has 0 aliphatic carbocycles. The number of aromatic carboxylic acids is 1. The minimum Gasteiger partial charge on any atom is -0.477 e. The van der Waals surface area contributed by atoms with E-state index in [9.17, 15) is 9.59 Å². The van der Waals surface area contributed by atoms with Gasteiger partial charge in [0.15, 0.2) is 5.82 Å². The first-order chi connectivity index (χ1) is 9.02. The molecule has 0 saturated carbocycles. The SMILES string of the molecule is CCc1noc(C)c1C(=O)Nc1cc(C(=O)O)[nH]n1. The van der Waals surface area contributed by atoms with Gasteiger partial charge in [0.2, 0.25) is 0 Å². The second kappa shape index (κ2) is 4.92. The summed E-state index contributed by atoms with van der Waals surface area (Å²) in [5.74, 6) is -1.05. The number of amides is 1. The van der Waals surface area contributed by atoms with Crippen LogP contribution >= 0.6 is 0 Å². The third-order valence-electron chi connectivity index (χ3n) is 2.55. The van der Waals surface area contributed by atoms with Crippen LogP contribution in [0.5, 0.6) is 0 Å². The maximum Gasteiger partial charge on any atom is 0.353 e. The molecule has 0 unspecified atom stereocenters. The zero-order valence-electron chi connectivity index (χ0n) is 10.4. The highest BCUT2D eigenvalue weighted by Crippen LogP contribution is 2.16. The van der Waals surface area contributed by atoms with Crippen molar-refractivity contribution >= 4 is 17.7 Å². The predicted molar refractivity (Wildman–Crippen MR) is 64.1 cm³/mol. The second-order valence-electron chi connectivity index (χ2n) is 3.84. The fourth-order valence-electron chi connectivity index (χ4n) is 1.62. The van der Waals surface area contributed by atoms with Crippen LogP contribution < -0.4 is 5.32 Å². The lowest BCUT2D eigenvalue weighted by atomic mass is 10.1. The minimum absolute atomic E-state index is 0.104. The van der Waals surface area contributed by atoms with Crippen molar-refractivity contribution in [1.82, 2.24) is 15.4 Å². The summed E-state index contributed by atoms with van der Waals surface area (Å²) in [7, 11) is 0. The first kappa shape index (κ1) is 12.8. The highest BCUT2D eigenvalue weighted by Gasteiger charge is 2.20. The number of aryl methyl sites for hydroxylation is 2. The maximum absolute atomic E-state index is 12.0. The summed E-state index contributed by atoms with van der Waals surface area (Å²) >= 11 is 0. The van der Waals surface area contributed by atoms with Gasteiger partial charge in [-0.1, -0.05) is 12.1 Å². The maximum atomic E-state index is 12.0. The molecule has 2 aromatic rings. The largest absolute Gasteiger partial charge is 0.477 e. The number of hydrogen-bond acceptors (Lipinski definition) is 5. The van der Waals surface area contributed by atoms with E-state index in [0.717, 1.165) is 0 Å². The molecular weight excluding hydrogens is 252 g/mol. The Labute approximate surface area is 107 Å². The number of nitrogens with zero attached hydrogens (tertiary/aromatic N) is 2. The molecule has 8 heteroatoms. The molecule has 2 heterocycles. The highest BCUT2D eigenvalue weighted by atomic mass is 16.5. The molecule has 19 heavy (non-hydrogen) atoms. The molecule has 3 N–H and O–H groups in total. The monoisotopic (exact) mass is 264 g/mol. The van der Waals surface area contributed by atoms with Crippen LogP contribution in [-0.2, 0) is 6.42 Å².